The lowest BCUT2D eigenvalue weighted by molar-refractivity contribution is 0.589. The third-order valence-corrected chi connectivity index (χ3v) is 3.42. The Labute approximate surface area is 126 Å². The van der Waals surface area contributed by atoms with Crippen LogP contribution in [-0.2, 0) is 13.1 Å². The van der Waals surface area contributed by atoms with Gasteiger partial charge in [-0.2, -0.15) is 0 Å². The summed E-state index contributed by atoms with van der Waals surface area (Å²) in [6.45, 7) is 5.94. The molecule has 0 heterocycles. The van der Waals surface area contributed by atoms with Crippen LogP contribution in [0.3, 0.4) is 0 Å². The summed E-state index contributed by atoms with van der Waals surface area (Å²) in [5.74, 6) is -0.191. The van der Waals surface area contributed by atoms with Crippen molar-refractivity contribution in [1.82, 2.24) is 5.32 Å². The van der Waals surface area contributed by atoms with Crippen LogP contribution in [0.2, 0.25) is 0 Å². The summed E-state index contributed by atoms with van der Waals surface area (Å²) in [6.07, 6.45) is 0. The summed E-state index contributed by atoms with van der Waals surface area (Å²) in [7, 11) is 2.05. The van der Waals surface area contributed by atoms with Crippen LogP contribution in [0.1, 0.15) is 25.0 Å². The molecule has 0 atom stereocenters. The number of hydrogen-bond acceptors (Lipinski definition) is 2. The van der Waals surface area contributed by atoms with E-state index in [0.717, 1.165) is 24.3 Å². The first kappa shape index (κ1) is 15.5. The largest absolute Gasteiger partial charge is 0.370 e. The minimum absolute atomic E-state index is 0.191. The van der Waals surface area contributed by atoms with Gasteiger partial charge in [0.1, 0.15) is 5.82 Å². The molecule has 0 aromatic heterocycles. The zero-order chi connectivity index (χ0) is 15.2. The first-order valence-corrected chi connectivity index (χ1v) is 7.32. The van der Waals surface area contributed by atoms with Crippen molar-refractivity contribution in [2.45, 2.75) is 33.0 Å². The van der Waals surface area contributed by atoms with Crippen molar-refractivity contribution in [1.29, 1.82) is 0 Å². The molecule has 21 heavy (non-hydrogen) atoms. The molecular formula is C18H23FN2. The zero-order valence-corrected chi connectivity index (χ0v) is 12.9. The van der Waals surface area contributed by atoms with E-state index in [1.54, 1.807) is 0 Å². The molecule has 0 fully saturated rings. The summed E-state index contributed by atoms with van der Waals surface area (Å²) < 4.78 is 12.9. The average molecular weight is 286 g/mol. The molecule has 0 unspecified atom stereocenters. The Bertz CT molecular complexity index is 546. The van der Waals surface area contributed by atoms with Gasteiger partial charge in [0.15, 0.2) is 0 Å². The molecule has 0 saturated carbocycles. The summed E-state index contributed by atoms with van der Waals surface area (Å²) in [6, 6.07) is 15.7. The van der Waals surface area contributed by atoms with Crippen molar-refractivity contribution in [3.05, 3.63) is 65.5 Å². The standard InChI is InChI=1S/C18H23FN2/c1-14(2)20-12-15-6-10-18(11-7-15)21(3)13-16-4-8-17(19)9-5-16/h4-11,14,20H,12-13H2,1-3H3. The van der Waals surface area contributed by atoms with Crippen LogP contribution in [0.5, 0.6) is 0 Å². The van der Waals surface area contributed by atoms with Gasteiger partial charge in [0.25, 0.3) is 0 Å². The first-order chi connectivity index (χ1) is 10.0. The summed E-state index contributed by atoms with van der Waals surface area (Å²) in [4.78, 5) is 2.16. The van der Waals surface area contributed by atoms with Crippen molar-refractivity contribution in [3.8, 4) is 0 Å². The van der Waals surface area contributed by atoms with Crippen LogP contribution in [-0.4, -0.2) is 13.1 Å². The Balaban J connectivity index is 1.96. The minimum atomic E-state index is -0.191. The Kier molecular flexibility index (Phi) is 5.34. The van der Waals surface area contributed by atoms with Gasteiger partial charge in [-0.25, -0.2) is 4.39 Å². The first-order valence-electron chi connectivity index (χ1n) is 7.32. The molecule has 112 valence electrons. The lowest BCUT2D eigenvalue weighted by Gasteiger charge is -2.20. The number of halogens is 1. The van der Waals surface area contributed by atoms with Gasteiger partial charge in [-0.05, 0) is 35.4 Å². The Morgan fingerprint density at radius 2 is 1.52 bits per heavy atom. The van der Waals surface area contributed by atoms with Crippen molar-refractivity contribution < 1.29 is 4.39 Å². The van der Waals surface area contributed by atoms with E-state index >= 15 is 0 Å². The number of benzene rings is 2. The minimum Gasteiger partial charge on any atom is -0.370 e. The molecule has 2 aromatic carbocycles. The molecule has 1 N–H and O–H groups in total. The maximum atomic E-state index is 12.9. The van der Waals surface area contributed by atoms with E-state index in [1.165, 1.54) is 17.7 Å². The molecule has 0 aliphatic carbocycles. The normalized spacial score (nSPS) is 10.9. The second kappa shape index (κ2) is 7.23. The predicted molar refractivity (Wildman–Crippen MR) is 86.9 cm³/mol. The van der Waals surface area contributed by atoms with Gasteiger partial charge >= 0.3 is 0 Å². The van der Waals surface area contributed by atoms with Crippen molar-refractivity contribution >= 4 is 5.69 Å². The van der Waals surface area contributed by atoms with Crippen LogP contribution in [0, 0.1) is 5.82 Å². The van der Waals surface area contributed by atoms with E-state index in [4.69, 9.17) is 0 Å². The molecule has 2 aromatic rings. The fourth-order valence-corrected chi connectivity index (χ4v) is 2.15. The Morgan fingerprint density at radius 3 is 2.10 bits per heavy atom. The highest BCUT2D eigenvalue weighted by molar-refractivity contribution is 5.47. The van der Waals surface area contributed by atoms with Crippen LogP contribution >= 0.6 is 0 Å². The molecule has 0 amide bonds. The van der Waals surface area contributed by atoms with Gasteiger partial charge in [0.2, 0.25) is 0 Å². The molecule has 3 heteroatoms. The van der Waals surface area contributed by atoms with E-state index in [0.29, 0.717) is 6.04 Å². The lowest BCUT2D eigenvalue weighted by Crippen LogP contribution is -2.22. The molecule has 0 aliphatic rings. The monoisotopic (exact) mass is 286 g/mol. The fraction of sp³-hybridized carbons (Fsp3) is 0.333. The third kappa shape index (κ3) is 4.87. The van der Waals surface area contributed by atoms with Gasteiger partial charge < -0.3 is 10.2 Å². The molecule has 0 bridgehead atoms. The Morgan fingerprint density at radius 1 is 0.952 bits per heavy atom. The topological polar surface area (TPSA) is 15.3 Å². The maximum Gasteiger partial charge on any atom is 0.123 e. The van der Waals surface area contributed by atoms with E-state index in [2.05, 4.69) is 48.3 Å². The number of hydrogen-bond donors (Lipinski definition) is 1. The molecule has 0 saturated heterocycles. The van der Waals surface area contributed by atoms with Gasteiger partial charge in [0, 0.05) is 31.9 Å². The van der Waals surface area contributed by atoms with Gasteiger partial charge in [0.05, 0.1) is 0 Å². The number of nitrogens with one attached hydrogen (secondary N) is 1. The molecule has 2 rings (SSSR count). The van der Waals surface area contributed by atoms with E-state index in [-0.39, 0.29) is 5.82 Å². The molecule has 2 nitrogen and oxygen atoms in total. The zero-order valence-electron chi connectivity index (χ0n) is 12.9. The highest BCUT2D eigenvalue weighted by Crippen LogP contribution is 2.16. The van der Waals surface area contributed by atoms with Gasteiger partial charge in [-0.1, -0.05) is 38.1 Å². The molecule has 0 spiro atoms. The van der Waals surface area contributed by atoms with E-state index in [1.807, 2.05) is 19.2 Å². The van der Waals surface area contributed by atoms with Crippen LogP contribution in [0.25, 0.3) is 0 Å². The smallest absolute Gasteiger partial charge is 0.123 e. The summed E-state index contributed by atoms with van der Waals surface area (Å²) in [5, 5.41) is 3.41. The maximum absolute atomic E-state index is 12.9. The summed E-state index contributed by atoms with van der Waals surface area (Å²) in [5.41, 5.74) is 3.54. The second-order valence-electron chi connectivity index (χ2n) is 5.68. The van der Waals surface area contributed by atoms with Crippen molar-refractivity contribution in [3.63, 3.8) is 0 Å². The number of nitrogens with zero attached hydrogens (tertiary/aromatic N) is 1. The highest BCUT2D eigenvalue weighted by Gasteiger charge is 2.03. The van der Waals surface area contributed by atoms with E-state index in [9.17, 15) is 4.39 Å². The van der Waals surface area contributed by atoms with Gasteiger partial charge in [-0.15, -0.1) is 0 Å². The average Bonchev–Trinajstić information content (AvgIpc) is 2.48. The quantitative estimate of drug-likeness (QED) is 0.864. The molecule has 0 radical (unpaired) electrons. The number of rotatable bonds is 6. The van der Waals surface area contributed by atoms with Gasteiger partial charge in [-0.3, -0.25) is 0 Å². The molecular weight excluding hydrogens is 263 g/mol. The number of anilines is 1. The highest BCUT2D eigenvalue weighted by atomic mass is 19.1. The van der Waals surface area contributed by atoms with E-state index < -0.39 is 0 Å². The van der Waals surface area contributed by atoms with Crippen LogP contribution in [0.15, 0.2) is 48.5 Å². The van der Waals surface area contributed by atoms with Crippen molar-refractivity contribution in [2.24, 2.45) is 0 Å². The third-order valence-electron chi connectivity index (χ3n) is 3.42. The van der Waals surface area contributed by atoms with Crippen molar-refractivity contribution in [2.75, 3.05) is 11.9 Å². The fourth-order valence-electron chi connectivity index (χ4n) is 2.15. The predicted octanol–water partition coefficient (Wildman–Crippen LogP) is 3.96. The van der Waals surface area contributed by atoms with Crippen LogP contribution in [0.4, 0.5) is 10.1 Å². The summed E-state index contributed by atoms with van der Waals surface area (Å²) >= 11 is 0. The molecule has 0 aliphatic heterocycles. The van der Waals surface area contributed by atoms with Crippen LogP contribution < -0.4 is 10.2 Å². The lowest BCUT2D eigenvalue weighted by atomic mass is 10.1. The second-order valence-corrected chi connectivity index (χ2v) is 5.68. The Hall–Kier alpha value is -1.87. The SMILES string of the molecule is CC(C)NCc1ccc(N(C)Cc2ccc(F)cc2)cc1.